The quantitative estimate of drug-likeness (QED) is 0.635. The van der Waals surface area contributed by atoms with Crippen LogP contribution in [0.3, 0.4) is 0 Å². The molecule has 1 rings (SSSR count). The van der Waals surface area contributed by atoms with Crippen molar-refractivity contribution in [2.24, 2.45) is 0 Å². The first-order chi connectivity index (χ1) is 11.5. The average Bonchev–Trinajstić information content (AvgIpc) is 2.52. The highest BCUT2D eigenvalue weighted by atomic mass is 35.5. The molecule has 0 aliphatic carbocycles. The second-order valence-electron chi connectivity index (χ2n) is 5.31. The Kier molecular flexibility index (Phi) is 7.63. The number of aliphatic hydroxyl groups is 1. The van der Waals surface area contributed by atoms with E-state index in [4.69, 9.17) is 27.9 Å². The summed E-state index contributed by atoms with van der Waals surface area (Å²) < 4.78 is 31.5. The number of aliphatic hydroxyl groups excluding tert-OH is 1. The largest absolute Gasteiger partial charge is 0.454 e. The molecule has 1 amide bonds. The number of nitrogens with zero attached hydrogens (tertiary/aromatic N) is 1. The van der Waals surface area contributed by atoms with Crippen molar-refractivity contribution in [3.05, 3.63) is 28.2 Å². The lowest BCUT2D eigenvalue weighted by molar-refractivity contribution is -0.154. The number of hydrogen-bond acceptors (Lipinski definition) is 6. The van der Waals surface area contributed by atoms with Crippen LogP contribution in [0.2, 0.25) is 10.0 Å². The summed E-state index contributed by atoms with van der Waals surface area (Å²) in [6, 6.07) is 1.97. The molecule has 140 valence electrons. The van der Waals surface area contributed by atoms with Gasteiger partial charge in [-0.1, -0.05) is 23.2 Å². The third-order valence-corrected chi connectivity index (χ3v) is 5.23. The molecule has 1 aromatic carbocycles. The molecule has 0 unspecified atom stereocenters. The topological polar surface area (TPSA) is 113 Å². The highest BCUT2D eigenvalue weighted by Crippen LogP contribution is 2.25. The number of likely N-dealkylation sites (N-methyl/N-ethyl adjacent to an activating group) is 1. The molecule has 2 N–H and O–H groups in total. The number of esters is 1. The molecule has 0 spiro atoms. The van der Waals surface area contributed by atoms with E-state index in [9.17, 15) is 23.1 Å². The maximum Gasteiger partial charge on any atom is 0.327 e. The first-order valence-electron chi connectivity index (χ1n) is 6.98. The molecule has 0 fully saturated rings. The second kappa shape index (κ2) is 8.81. The van der Waals surface area contributed by atoms with Crippen molar-refractivity contribution in [1.82, 2.24) is 9.62 Å². The van der Waals surface area contributed by atoms with Crippen molar-refractivity contribution in [1.29, 1.82) is 0 Å². The van der Waals surface area contributed by atoms with E-state index in [0.29, 0.717) is 0 Å². The zero-order valence-electron chi connectivity index (χ0n) is 13.7. The van der Waals surface area contributed by atoms with Gasteiger partial charge in [0.1, 0.15) is 6.04 Å². The molecule has 0 aromatic heterocycles. The molecule has 0 saturated carbocycles. The van der Waals surface area contributed by atoms with Gasteiger partial charge in [0, 0.05) is 14.1 Å². The summed E-state index contributed by atoms with van der Waals surface area (Å²) in [7, 11) is -1.26. The Bertz CT molecular complexity index is 752. The predicted molar refractivity (Wildman–Crippen MR) is 91.9 cm³/mol. The third-order valence-electron chi connectivity index (χ3n) is 3.06. The van der Waals surface area contributed by atoms with Gasteiger partial charge in [0.15, 0.2) is 6.61 Å². The van der Waals surface area contributed by atoms with Crippen molar-refractivity contribution in [3.63, 3.8) is 0 Å². The lowest BCUT2D eigenvalue weighted by Gasteiger charge is -2.20. The van der Waals surface area contributed by atoms with E-state index in [-0.39, 0.29) is 14.9 Å². The molecular formula is C14H18Cl2N2O6S. The number of carbonyl (C=O) groups is 2. The van der Waals surface area contributed by atoms with Gasteiger partial charge in [-0.3, -0.25) is 9.59 Å². The molecule has 2 atom stereocenters. The van der Waals surface area contributed by atoms with Gasteiger partial charge in [-0.2, -0.15) is 4.72 Å². The van der Waals surface area contributed by atoms with E-state index in [1.807, 2.05) is 4.72 Å². The van der Waals surface area contributed by atoms with Crippen LogP contribution in [0.5, 0.6) is 0 Å². The van der Waals surface area contributed by atoms with Crippen molar-refractivity contribution in [2.75, 3.05) is 20.7 Å². The molecule has 0 aliphatic rings. The van der Waals surface area contributed by atoms with Gasteiger partial charge in [0.05, 0.1) is 21.0 Å². The van der Waals surface area contributed by atoms with Gasteiger partial charge in [-0.15, -0.1) is 0 Å². The normalized spacial score (nSPS) is 13.8. The van der Waals surface area contributed by atoms with Gasteiger partial charge in [0.2, 0.25) is 10.0 Å². The molecule has 0 aliphatic heterocycles. The van der Waals surface area contributed by atoms with Gasteiger partial charge in [-0.05, 0) is 25.1 Å². The molecular weight excluding hydrogens is 395 g/mol. The van der Waals surface area contributed by atoms with E-state index in [1.54, 1.807) is 0 Å². The third kappa shape index (κ3) is 6.12. The molecule has 0 heterocycles. The van der Waals surface area contributed by atoms with Crippen molar-refractivity contribution < 1.29 is 27.9 Å². The Hall–Kier alpha value is -1.39. The first-order valence-corrected chi connectivity index (χ1v) is 9.22. The molecule has 1 aromatic rings. The molecule has 11 heteroatoms. The van der Waals surface area contributed by atoms with Crippen LogP contribution in [-0.4, -0.2) is 63.1 Å². The van der Waals surface area contributed by atoms with Crippen molar-refractivity contribution >= 4 is 45.1 Å². The van der Waals surface area contributed by atoms with Gasteiger partial charge >= 0.3 is 5.97 Å². The fraction of sp³-hybridized carbons (Fsp3) is 0.429. The zero-order valence-corrected chi connectivity index (χ0v) is 16.0. The molecule has 0 bridgehead atoms. The number of benzene rings is 1. The first kappa shape index (κ1) is 21.7. The number of amides is 1. The van der Waals surface area contributed by atoms with E-state index < -0.39 is 40.7 Å². The smallest absolute Gasteiger partial charge is 0.327 e. The van der Waals surface area contributed by atoms with E-state index in [2.05, 4.69) is 0 Å². The minimum atomic E-state index is -4.19. The molecule has 0 radical (unpaired) electrons. The van der Waals surface area contributed by atoms with Crippen LogP contribution >= 0.6 is 23.2 Å². The van der Waals surface area contributed by atoms with Crippen LogP contribution < -0.4 is 4.72 Å². The summed E-state index contributed by atoms with van der Waals surface area (Å²) in [5, 5.41) is 9.87. The fourth-order valence-corrected chi connectivity index (χ4v) is 3.22. The minimum absolute atomic E-state index is 0.0114. The summed E-state index contributed by atoms with van der Waals surface area (Å²) in [5.41, 5.74) is 0. The average molecular weight is 413 g/mol. The number of nitrogens with one attached hydrogen (secondary N) is 1. The van der Waals surface area contributed by atoms with Gasteiger partial charge < -0.3 is 14.7 Å². The van der Waals surface area contributed by atoms with E-state index in [0.717, 1.165) is 6.07 Å². The maximum atomic E-state index is 12.4. The molecule has 8 nitrogen and oxygen atoms in total. The monoisotopic (exact) mass is 412 g/mol. The Morgan fingerprint density at radius 3 is 2.36 bits per heavy atom. The van der Waals surface area contributed by atoms with Crippen molar-refractivity contribution in [3.8, 4) is 0 Å². The summed E-state index contributed by atoms with van der Waals surface area (Å²) in [4.78, 5) is 24.4. The standard InChI is InChI=1S/C14H18Cl2N2O6S/c1-8(19)13(14(21)24-7-12(20)18(2)3)17-25(22,23)9-4-5-10(15)11(16)6-9/h4-6,8,13,17,19H,7H2,1-3H3/t8-,13-/m1/s1. The number of halogens is 2. The summed E-state index contributed by atoms with van der Waals surface area (Å²) in [5.74, 6) is -1.58. The van der Waals surface area contributed by atoms with E-state index in [1.165, 1.54) is 38.1 Å². The Morgan fingerprint density at radius 2 is 1.88 bits per heavy atom. The van der Waals surface area contributed by atoms with Crippen LogP contribution in [0.25, 0.3) is 0 Å². The molecule has 25 heavy (non-hydrogen) atoms. The van der Waals surface area contributed by atoms with Crippen molar-refractivity contribution in [2.45, 2.75) is 24.0 Å². The number of ether oxygens (including phenoxy) is 1. The van der Waals surface area contributed by atoms with Crippen LogP contribution in [0.15, 0.2) is 23.1 Å². The minimum Gasteiger partial charge on any atom is -0.454 e. The SMILES string of the molecule is C[C@@H](O)[C@@H](NS(=O)(=O)c1ccc(Cl)c(Cl)c1)C(=O)OCC(=O)N(C)C. The number of carbonyl (C=O) groups excluding carboxylic acids is 2. The summed E-state index contributed by atoms with van der Waals surface area (Å²) in [6.07, 6.45) is -1.40. The number of hydrogen-bond donors (Lipinski definition) is 2. The Labute approximate surface area is 155 Å². The highest BCUT2D eigenvalue weighted by molar-refractivity contribution is 7.89. The maximum absolute atomic E-state index is 12.4. The predicted octanol–water partition coefficient (Wildman–Crippen LogP) is 0.652. The number of sulfonamides is 1. The van der Waals surface area contributed by atoms with Gasteiger partial charge in [-0.25, -0.2) is 8.42 Å². The van der Waals surface area contributed by atoms with E-state index >= 15 is 0 Å². The summed E-state index contributed by atoms with van der Waals surface area (Å²) >= 11 is 11.5. The highest BCUT2D eigenvalue weighted by Gasteiger charge is 2.31. The van der Waals surface area contributed by atoms with Crippen LogP contribution in [0.4, 0.5) is 0 Å². The molecule has 0 saturated heterocycles. The number of rotatable bonds is 7. The lowest BCUT2D eigenvalue weighted by atomic mass is 10.2. The Balaban J connectivity index is 2.94. The second-order valence-corrected chi connectivity index (χ2v) is 7.84. The van der Waals surface area contributed by atoms with Crippen LogP contribution in [-0.2, 0) is 24.3 Å². The summed E-state index contributed by atoms with van der Waals surface area (Å²) in [6.45, 7) is 0.626. The Morgan fingerprint density at radius 1 is 1.28 bits per heavy atom. The van der Waals surface area contributed by atoms with Crippen LogP contribution in [0, 0.1) is 0 Å². The zero-order chi connectivity index (χ0) is 19.4. The van der Waals surface area contributed by atoms with Gasteiger partial charge in [0.25, 0.3) is 5.91 Å². The lowest BCUT2D eigenvalue weighted by Crippen LogP contribution is -2.49. The fourth-order valence-electron chi connectivity index (χ4n) is 1.57. The van der Waals surface area contributed by atoms with Crippen LogP contribution in [0.1, 0.15) is 6.92 Å².